The Morgan fingerprint density at radius 3 is 2.26 bits per heavy atom. The molecule has 0 spiro atoms. The maximum absolute atomic E-state index is 13.5. The first-order chi connectivity index (χ1) is 16.1. The molecule has 1 saturated heterocycles. The second-order valence-electron chi connectivity index (χ2n) is 8.74. The smallest absolute Gasteiger partial charge is 0.322 e. The van der Waals surface area contributed by atoms with E-state index in [0.717, 1.165) is 18.7 Å². The standard InChI is InChI=1S/C24H29F3N4O3/c1-17(2)15-29-10-12-30(13-11-29)23(33)31(21-5-3-4-20(14-21)24(25,26)27)16-18-6-8-19(9-7-18)22(32)28-34/h3-9,14,17,34H,10-13,15-16H2,1-2H3,(H,28,32). The molecule has 7 nitrogen and oxygen atoms in total. The Hall–Kier alpha value is -3.11. The lowest BCUT2D eigenvalue weighted by molar-refractivity contribution is -0.137. The number of urea groups is 1. The highest BCUT2D eigenvalue weighted by Crippen LogP contribution is 2.32. The van der Waals surface area contributed by atoms with E-state index in [2.05, 4.69) is 18.7 Å². The van der Waals surface area contributed by atoms with Gasteiger partial charge in [-0.15, -0.1) is 0 Å². The van der Waals surface area contributed by atoms with Crippen molar-refractivity contribution in [3.8, 4) is 0 Å². The summed E-state index contributed by atoms with van der Waals surface area (Å²) in [5.74, 6) is -0.184. The van der Waals surface area contributed by atoms with Gasteiger partial charge in [-0.25, -0.2) is 10.3 Å². The van der Waals surface area contributed by atoms with Gasteiger partial charge in [-0.1, -0.05) is 32.0 Å². The van der Waals surface area contributed by atoms with Crippen molar-refractivity contribution in [3.05, 3.63) is 65.2 Å². The van der Waals surface area contributed by atoms with Gasteiger partial charge in [0.1, 0.15) is 0 Å². The van der Waals surface area contributed by atoms with E-state index < -0.39 is 17.6 Å². The summed E-state index contributed by atoms with van der Waals surface area (Å²) in [5, 5.41) is 8.77. The summed E-state index contributed by atoms with van der Waals surface area (Å²) in [6.45, 7) is 7.56. The summed E-state index contributed by atoms with van der Waals surface area (Å²) in [5.41, 5.74) is 1.69. The minimum absolute atomic E-state index is 0.0212. The maximum Gasteiger partial charge on any atom is 0.416 e. The number of hydroxylamine groups is 1. The number of halogens is 3. The van der Waals surface area contributed by atoms with Crippen molar-refractivity contribution >= 4 is 17.6 Å². The molecule has 0 radical (unpaired) electrons. The van der Waals surface area contributed by atoms with Crippen LogP contribution in [-0.2, 0) is 12.7 Å². The third-order valence-corrected chi connectivity index (χ3v) is 5.64. The zero-order valence-electron chi connectivity index (χ0n) is 19.2. The molecule has 3 amide bonds. The Kier molecular flexibility index (Phi) is 8.16. The van der Waals surface area contributed by atoms with Gasteiger partial charge in [0.25, 0.3) is 5.91 Å². The molecule has 1 aliphatic heterocycles. The molecule has 3 rings (SSSR count). The van der Waals surface area contributed by atoms with Crippen LogP contribution in [0.25, 0.3) is 0 Å². The summed E-state index contributed by atoms with van der Waals surface area (Å²) >= 11 is 0. The molecular formula is C24H29F3N4O3. The van der Waals surface area contributed by atoms with Gasteiger partial charge in [-0.2, -0.15) is 13.2 Å². The number of carbonyl (C=O) groups is 2. The van der Waals surface area contributed by atoms with Crippen molar-refractivity contribution in [2.24, 2.45) is 5.92 Å². The van der Waals surface area contributed by atoms with Crippen LogP contribution in [0.1, 0.15) is 35.3 Å². The number of hydrogen-bond donors (Lipinski definition) is 2. The number of nitrogens with zero attached hydrogens (tertiary/aromatic N) is 3. The summed E-state index contributed by atoms with van der Waals surface area (Å²) in [6, 6.07) is 10.5. The quantitative estimate of drug-likeness (QED) is 0.482. The van der Waals surface area contributed by atoms with Crippen LogP contribution in [0, 0.1) is 5.92 Å². The molecule has 2 aromatic rings. The minimum Gasteiger partial charge on any atom is -0.322 e. The van der Waals surface area contributed by atoms with E-state index in [0.29, 0.717) is 37.7 Å². The van der Waals surface area contributed by atoms with Crippen LogP contribution >= 0.6 is 0 Å². The number of hydrogen-bond acceptors (Lipinski definition) is 4. The fraction of sp³-hybridized carbons (Fsp3) is 0.417. The van der Waals surface area contributed by atoms with Crippen LogP contribution in [0.2, 0.25) is 0 Å². The molecule has 0 saturated carbocycles. The molecule has 0 aliphatic carbocycles. The van der Waals surface area contributed by atoms with Crippen LogP contribution in [0.3, 0.4) is 0 Å². The monoisotopic (exact) mass is 478 g/mol. The van der Waals surface area contributed by atoms with E-state index in [1.807, 2.05) is 0 Å². The molecule has 1 heterocycles. The zero-order valence-corrected chi connectivity index (χ0v) is 19.2. The summed E-state index contributed by atoms with van der Waals surface area (Å²) < 4.78 is 40.0. The lowest BCUT2D eigenvalue weighted by Gasteiger charge is -2.38. The number of rotatable bonds is 6. The average molecular weight is 479 g/mol. The third kappa shape index (κ3) is 6.48. The topological polar surface area (TPSA) is 76.1 Å². The molecule has 34 heavy (non-hydrogen) atoms. The molecular weight excluding hydrogens is 449 g/mol. The number of amides is 3. The van der Waals surface area contributed by atoms with Crippen molar-refractivity contribution in [1.82, 2.24) is 15.3 Å². The molecule has 0 bridgehead atoms. The van der Waals surface area contributed by atoms with Crippen molar-refractivity contribution in [1.29, 1.82) is 0 Å². The van der Waals surface area contributed by atoms with Crippen LogP contribution < -0.4 is 10.4 Å². The van der Waals surface area contributed by atoms with E-state index >= 15 is 0 Å². The van der Waals surface area contributed by atoms with Gasteiger partial charge in [0.2, 0.25) is 0 Å². The molecule has 1 fully saturated rings. The fourth-order valence-corrected chi connectivity index (χ4v) is 3.94. The summed E-state index contributed by atoms with van der Waals surface area (Å²) in [7, 11) is 0. The Labute approximate surface area is 196 Å². The number of alkyl halides is 3. The lowest BCUT2D eigenvalue weighted by Crippen LogP contribution is -2.53. The molecule has 0 unspecified atom stereocenters. The zero-order chi connectivity index (χ0) is 24.9. The molecule has 2 N–H and O–H groups in total. The highest BCUT2D eigenvalue weighted by Gasteiger charge is 2.32. The van der Waals surface area contributed by atoms with Gasteiger partial charge in [-0.05, 0) is 41.8 Å². The van der Waals surface area contributed by atoms with Crippen molar-refractivity contribution in [2.75, 3.05) is 37.6 Å². The van der Waals surface area contributed by atoms with Gasteiger partial charge in [0.15, 0.2) is 0 Å². The predicted octanol–water partition coefficient (Wildman–Crippen LogP) is 4.22. The van der Waals surface area contributed by atoms with Crippen molar-refractivity contribution < 1.29 is 28.0 Å². The van der Waals surface area contributed by atoms with Crippen LogP contribution in [0.4, 0.5) is 23.7 Å². The molecule has 184 valence electrons. The van der Waals surface area contributed by atoms with Crippen molar-refractivity contribution in [2.45, 2.75) is 26.6 Å². The first kappa shape index (κ1) is 25.5. The largest absolute Gasteiger partial charge is 0.416 e. The number of carbonyl (C=O) groups excluding carboxylic acids is 2. The maximum atomic E-state index is 13.5. The fourth-order valence-electron chi connectivity index (χ4n) is 3.94. The Morgan fingerprint density at radius 1 is 1.06 bits per heavy atom. The second-order valence-corrected chi connectivity index (χ2v) is 8.74. The Bertz CT molecular complexity index is 988. The van der Waals surface area contributed by atoms with Crippen LogP contribution in [0.15, 0.2) is 48.5 Å². The predicted molar refractivity (Wildman–Crippen MR) is 122 cm³/mol. The average Bonchev–Trinajstić information content (AvgIpc) is 2.81. The third-order valence-electron chi connectivity index (χ3n) is 5.64. The minimum atomic E-state index is -4.54. The molecule has 0 aromatic heterocycles. The van der Waals surface area contributed by atoms with Gasteiger partial charge in [0.05, 0.1) is 12.1 Å². The molecule has 2 aromatic carbocycles. The van der Waals surface area contributed by atoms with E-state index in [1.165, 1.54) is 29.2 Å². The van der Waals surface area contributed by atoms with Crippen LogP contribution in [0.5, 0.6) is 0 Å². The highest BCUT2D eigenvalue weighted by atomic mass is 19.4. The number of anilines is 1. The van der Waals surface area contributed by atoms with Gasteiger partial charge < -0.3 is 4.90 Å². The highest BCUT2D eigenvalue weighted by molar-refractivity contribution is 5.94. The first-order valence-corrected chi connectivity index (χ1v) is 11.1. The molecule has 10 heteroatoms. The van der Waals surface area contributed by atoms with Crippen molar-refractivity contribution in [3.63, 3.8) is 0 Å². The first-order valence-electron chi connectivity index (χ1n) is 11.1. The normalized spacial score (nSPS) is 14.9. The number of benzene rings is 2. The molecule has 1 aliphatic rings. The summed E-state index contributed by atoms with van der Waals surface area (Å²) in [6.07, 6.45) is -4.54. The number of nitrogens with one attached hydrogen (secondary N) is 1. The molecule has 0 atom stereocenters. The van der Waals surface area contributed by atoms with E-state index in [4.69, 9.17) is 5.21 Å². The van der Waals surface area contributed by atoms with E-state index in [-0.39, 0.29) is 23.8 Å². The van der Waals surface area contributed by atoms with Gasteiger partial charge >= 0.3 is 12.2 Å². The van der Waals surface area contributed by atoms with Gasteiger partial charge in [-0.3, -0.25) is 19.8 Å². The van der Waals surface area contributed by atoms with E-state index in [9.17, 15) is 22.8 Å². The van der Waals surface area contributed by atoms with Gasteiger partial charge in [0, 0.05) is 44.0 Å². The Morgan fingerprint density at radius 2 is 1.71 bits per heavy atom. The summed E-state index contributed by atoms with van der Waals surface area (Å²) in [4.78, 5) is 30.3. The van der Waals surface area contributed by atoms with Crippen LogP contribution in [-0.4, -0.2) is 59.7 Å². The SMILES string of the molecule is CC(C)CN1CCN(C(=O)N(Cc2ccc(C(=O)NO)cc2)c2cccc(C(F)(F)F)c2)CC1. The second kappa shape index (κ2) is 10.9. The van der Waals surface area contributed by atoms with E-state index in [1.54, 1.807) is 22.5 Å². The lowest BCUT2D eigenvalue weighted by atomic mass is 10.1. The Balaban J connectivity index is 1.85. The number of piperazine rings is 1.